The summed E-state index contributed by atoms with van der Waals surface area (Å²) < 4.78 is 13.2. The van der Waals surface area contributed by atoms with Crippen LogP contribution in [0.3, 0.4) is 0 Å². The molecule has 2 aromatic heterocycles. The second kappa shape index (κ2) is 8.23. The number of aromatic nitrogens is 2. The number of carbonyl (C=O) groups excluding carboxylic acids is 1. The van der Waals surface area contributed by atoms with Gasteiger partial charge in [0.05, 0.1) is 5.69 Å². The third kappa shape index (κ3) is 3.85. The summed E-state index contributed by atoms with van der Waals surface area (Å²) in [5, 5.41) is 0. The van der Waals surface area contributed by atoms with Crippen molar-refractivity contribution in [3.05, 3.63) is 59.5 Å². The van der Waals surface area contributed by atoms with E-state index in [1.54, 1.807) is 0 Å². The molecular formula is C24H28N4O3. The molecule has 31 heavy (non-hydrogen) atoms. The molecule has 0 N–H and O–H groups in total. The first kappa shape index (κ1) is 19.9. The Balaban J connectivity index is 1.48. The number of aryl methyl sites for hydroxylation is 1. The molecule has 1 aromatic carbocycles. The number of hydrogen-bond acceptors (Lipinski definition) is 5. The van der Waals surface area contributed by atoms with Gasteiger partial charge in [0, 0.05) is 50.9 Å². The summed E-state index contributed by atoms with van der Waals surface area (Å²) in [6.07, 6.45) is 4.33. The summed E-state index contributed by atoms with van der Waals surface area (Å²) in [7, 11) is 0. The fourth-order valence-electron chi connectivity index (χ4n) is 4.50. The van der Waals surface area contributed by atoms with Crippen LogP contribution in [0.1, 0.15) is 36.1 Å². The topological polar surface area (TPSA) is 59.3 Å². The van der Waals surface area contributed by atoms with Crippen LogP contribution in [-0.4, -0.2) is 64.6 Å². The Bertz CT molecular complexity index is 1100. The lowest BCUT2D eigenvalue weighted by molar-refractivity contribution is -0.133. The van der Waals surface area contributed by atoms with Gasteiger partial charge in [-0.3, -0.25) is 4.79 Å². The average molecular weight is 421 g/mol. The number of nitrogens with zero attached hydrogens (tertiary/aromatic N) is 4. The zero-order valence-electron chi connectivity index (χ0n) is 18.1. The number of likely N-dealkylation sites (N-methyl/N-ethyl adjacent to an activating group) is 1. The molecule has 1 amide bonds. The average Bonchev–Trinajstić information content (AvgIpc) is 3.43. The Morgan fingerprint density at radius 3 is 2.71 bits per heavy atom. The fourth-order valence-corrected chi connectivity index (χ4v) is 4.50. The van der Waals surface area contributed by atoms with Gasteiger partial charge in [0.25, 0.3) is 0 Å². The van der Waals surface area contributed by atoms with E-state index in [1.165, 1.54) is 0 Å². The minimum atomic E-state index is -0.121. The van der Waals surface area contributed by atoms with Gasteiger partial charge in [-0.2, -0.15) is 0 Å². The van der Waals surface area contributed by atoms with Gasteiger partial charge in [0.15, 0.2) is 11.5 Å². The first-order valence-corrected chi connectivity index (χ1v) is 11.0. The molecule has 1 unspecified atom stereocenters. The standard InChI is InChI=1S/C24H28N4O3/c1-3-26-8-10-27(11-9-26)24(29)14-19(18-4-5-21-22(13-18)31-16-30-21)20-15-25-23-12-17(2)6-7-28(20)23/h4-7,12-13,15,19H,3,8-11,14,16H2,1-2H3. The van der Waals surface area contributed by atoms with E-state index in [-0.39, 0.29) is 18.6 Å². The Kier molecular flexibility index (Phi) is 5.28. The van der Waals surface area contributed by atoms with Gasteiger partial charge in [0.2, 0.25) is 12.7 Å². The number of amides is 1. The highest BCUT2D eigenvalue weighted by Crippen LogP contribution is 2.38. The predicted octanol–water partition coefficient (Wildman–Crippen LogP) is 3.06. The molecule has 7 heteroatoms. The van der Waals surface area contributed by atoms with Gasteiger partial charge >= 0.3 is 0 Å². The fraction of sp³-hybridized carbons (Fsp3) is 0.417. The molecular weight excluding hydrogens is 392 g/mol. The smallest absolute Gasteiger partial charge is 0.231 e. The van der Waals surface area contributed by atoms with Crippen LogP contribution in [0.2, 0.25) is 0 Å². The third-order valence-electron chi connectivity index (χ3n) is 6.40. The van der Waals surface area contributed by atoms with Crippen LogP contribution < -0.4 is 9.47 Å². The minimum absolute atomic E-state index is 0.121. The van der Waals surface area contributed by atoms with Crippen molar-refractivity contribution in [2.75, 3.05) is 39.5 Å². The number of piperazine rings is 1. The Morgan fingerprint density at radius 2 is 1.90 bits per heavy atom. The molecule has 0 spiro atoms. The van der Waals surface area contributed by atoms with E-state index >= 15 is 0 Å². The molecule has 2 aliphatic heterocycles. The zero-order valence-corrected chi connectivity index (χ0v) is 18.1. The van der Waals surface area contributed by atoms with Crippen molar-refractivity contribution in [3.8, 4) is 11.5 Å². The van der Waals surface area contributed by atoms with Gasteiger partial charge in [-0.25, -0.2) is 4.98 Å². The van der Waals surface area contributed by atoms with Crippen LogP contribution in [0.5, 0.6) is 11.5 Å². The summed E-state index contributed by atoms with van der Waals surface area (Å²) in [4.78, 5) is 22.3. The predicted molar refractivity (Wildman–Crippen MR) is 118 cm³/mol. The van der Waals surface area contributed by atoms with Crippen LogP contribution >= 0.6 is 0 Å². The number of benzene rings is 1. The van der Waals surface area contributed by atoms with E-state index in [0.29, 0.717) is 6.42 Å². The Morgan fingerprint density at radius 1 is 1.10 bits per heavy atom. The van der Waals surface area contributed by atoms with Gasteiger partial charge in [-0.05, 0) is 48.9 Å². The number of fused-ring (bicyclic) bond motifs is 2. The molecule has 1 fully saturated rings. The second-order valence-electron chi connectivity index (χ2n) is 8.30. The van der Waals surface area contributed by atoms with Crippen molar-refractivity contribution in [1.29, 1.82) is 0 Å². The Hall–Kier alpha value is -3.06. The molecule has 4 heterocycles. The highest BCUT2D eigenvalue weighted by molar-refractivity contribution is 5.78. The van der Waals surface area contributed by atoms with Crippen molar-refractivity contribution >= 4 is 11.6 Å². The number of ether oxygens (including phenoxy) is 2. The van der Waals surface area contributed by atoms with Crippen LogP contribution in [0.25, 0.3) is 5.65 Å². The van der Waals surface area contributed by atoms with Crippen molar-refractivity contribution in [2.45, 2.75) is 26.2 Å². The highest BCUT2D eigenvalue weighted by Gasteiger charge is 2.28. The lowest BCUT2D eigenvalue weighted by Gasteiger charge is -2.34. The molecule has 2 aliphatic rings. The molecule has 3 aromatic rings. The maximum absolute atomic E-state index is 13.3. The summed E-state index contributed by atoms with van der Waals surface area (Å²) in [6.45, 7) is 8.93. The monoisotopic (exact) mass is 420 g/mol. The SMILES string of the molecule is CCN1CCN(C(=O)CC(c2ccc3c(c2)OCO3)c2cnc3cc(C)ccn23)CC1. The highest BCUT2D eigenvalue weighted by atomic mass is 16.7. The summed E-state index contributed by atoms with van der Waals surface area (Å²) in [5.74, 6) is 1.54. The van der Waals surface area contributed by atoms with Crippen molar-refractivity contribution in [3.63, 3.8) is 0 Å². The largest absolute Gasteiger partial charge is 0.454 e. The molecule has 1 atom stereocenters. The third-order valence-corrected chi connectivity index (χ3v) is 6.40. The molecule has 0 radical (unpaired) electrons. The van der Waals surface area contributed by atoms with Crippen molar-refractivity contribution in [2.24, 2.45) is 0 Å². The van der Waals surface area contributed by atoms with Gasteiger partial charge in [-0.15, -0.1) is 0 Å². The van der Waals surface area contributed by atoms with Crippen molar-refractivity contribution in [1.82, 2.24) is 19.2 Å². The van der Waals surface area contributed by atoms with Crippen LogP contribution in [0, 0.1) is 6.92 Å². The van der Waals surface area contributed by atoms with E-state index in [9.17, 15) is 4.79 Å². The van der Waals surface area contributed by atoms with E-state index in [0.717, 1.165) is 66.7 Å². The summed E-state index contributed by atoms with van der Waals surface area (Å²) in [6, 6.07) is 10.1. The molecule has 0 aliphatic carbocycles. The van der Waals surface area contributed by atoms with Crippen LogP contribution in [-0.2, 0) is 4.79 Å². The lowest BCUT2D eigenvalue weighted by atomic mass is 9.91. The molecule has 0 saturated carbocycles. The second-order valence-corrected chi connectivity index (χ2v) is 8.30. The van der Waals surface area contributed by atoms with Crippen LogP contribution in [0.15, 0.2) is 42.7 Å². The first-order chi connectivity index (χ1) is 15.1. The van der Waals surface area contributed by atoms with E-state index in [1.807, 2.05) is 35.5 Å². The van der Waals surface area contributed by atoms with Crippen LogP contribution in [0.4, 0.5) is 0 Å². The number of carbonyl (C=O) groups is 1. The lowest BCUT2D eigenvalue weighted by Crippen LogP contribution is -2.48. The summed E-state index contributed by atoms with van der Waals surface area (Å²) in [5.41, 5.74) is 4.10. The number of pyridine rings is 1. The normalized spacial score (nSPS) is 17.3. The zero-order chi connectivity index (χ0) is 21.4. The maximum Gasteiger partial charge on any atom is 0.231 e. The van der Waals surface area contributed by atoms with E-state index < -0.39 is 0 Å². The number of hydrogen-bond donors (Lipinski definition) is 0. The van der Waals surface area contributed by atoms with Gasteiger partial charge in [0.1, 0.15) is 5.65 Å². The Labute approximate surface area is 182 Å². The van der Waals surface area contributed by atoms with E-state index in [2.05, 4.69) is 40.3 Å². The molecule has 162 valence electrons. The molecule has 1 saturated heterocycles. The van der Waals surface area contributed by atoms with E-state index in [4.69, 9.17) is 9.47 Å². The molecule has 7 nitrogen and oxygen atoms in total. The van der Waals surface area contributed by atoms with Crippen molar-refractivity contribution < 1.29 is 14.3 Å². The summed E-state index contributed by atoms with van der Waals surface area (Å²) >= 11 is 0. The maximum atomic E-state index is 13.3. The number of imidazole rings is 1. The van der Waals surface area contributed by atoms with Gasteiger partial charge < -0.3 is 23.7 Å². The van der Waals surface area contributed by atoms with Gasteiger partial charge in [-0.1, -0.05) is 13.0 Å². The quantitative estimate of drug-likeness (QED) is 0.635. The minimum Gasteiger partial charge on any atom is -0.454 e. The first-order valence-electron chi connectivity index (χ1n) is 11.0. The molecule has 0 bridgehead atoms. The number of rotatable bonds is 5. The molecule has 5 rings (SSSR count).